The van der Waals surface area contributed by atoms with Gasteiger partial charge in [0, 0.05) is 12.8 Å². The maximum absolute atomic E-state index is 11.2. The van der Waals surface area contributed by atoms with Crippen molar-refractivity contribution >= 4 is 5.78 Å². The first kappa shape index (κ1) is 9.44. The number of oxazole rings is 1. The Bertz CT molecular complexity index is 318. The van der Waals surface area contributed by atoms with Crippen LogP contribution < -0.4 is 0 Å². The summed E-state index contributed by atoms with van der Waals surface area (Å²) in [6.45, 7) is 1.87. The fraction of sp³-hybridized carbons (Fsp3) is 0.636. The van der Waals surface area contributed by atoms with E-state index < -0.39 is 0 Å². The number of nitrogens with zero attached hydrogens (tertiary/aromatic N) is 1. The van der Waals surface area contributed by atoms with Crippen LogP contribution in [0.2, 0.25) is 0 Å². The molecular formula is C11H15NO2. The molecule has 0 saturated carbocycles. The van der Waals surface area contributed by atoms with Crippen LogP contribution in [0.15, 0.2) is 4.42 Å². The van der Waals surface area contributed by atoms with Crippen LogP contribution in [-0.2, 0) is 24.1 Å². The van der Waals surface area contributed by atoms with Crippen LogP contribution in [0.3, 0.4) is 0 Å². The molecular weight excluding hydrogens is 178 g/mol. The predicted octanol–water partition coefficient (Wildman–Crippen LogP) is 2.08. The summed E-state index contributed by atoms with van der Waals surface area (Å²) in [5, 5.41) is 0. The second-order valence-electron chi connectivity index (χ2n) is 3.75. The highest BCUT2D eigenvalue weighted by atomic mass is 16.4. The van der Waals surface area contributed by atoms with Crippen LogP contribution in [0.25, 0.3) is 0 Å². The summed E-state index contributed by atoms with van der Waals surface area (Å²) in [4.78, 5) is 15.5. The SMILES string of the molecule is CCC(=O)Cc1nc2c(o1)CCCC2. The standard InChI is InChI=1S/C11H15NO2/c1-2-8(13)7-11-12-9-5-3-4-6-10(9)14-11/h2-7H2,1H3. The number of carbonyl (C=O) groups excluding carboxylic acids is 1. The number of hydrogen-bond acceptors (Lipinski definition) is 3. The van der Waals surface area contributed by atoms with Gasteiger partial charge in [-0.25, -0.2) is 4.98 Å². The van der Waals surface area contributed by atoms with Gasteiger partial charge in [0.05, 0.1) is 12.1 Å². The Hall–Kier alpha value is -1.12. The minimum Gasteiger partial charge on any atom is -0.445 e. The fourth-order valence-corrected chi connectivity index (χ4v) is 1.77. The van der Waals surface area contributed by atoms with E-state index in [1.807, 2.05) is 6.92 Å². The fourth-order valence-electron chi connectivity index (χ4n) is 1.77. The van der Waals surface area contributed by atoms with Crippen LogP contribution in [0.1, 0.15) is 43.5 Å². The monoisotopic (exact) mass is 193 g/mol. The van der Waals surface area contributed by atoms with Crippen LogP contribution in [-0.4, -0.2) is 10.8 Å². The number of ketones is 1. The molecule has 3 heteroatoms. The van der Waals surface area contributed by atoms with E-state index in [1.165, 1.54) is 12.8 Å². The molecule has 1 aromatic heterocycles. The zero-order valence-electron chi connectivity index (χ0n) is 8.51. The highest BCUT2D eigenvalue weighted by molar-refractivity contribution is 5.79. The third kappa shape index (κ3) is 1.86. The number of aromatic nitrogens is 1. The van der Waals surface area contributed by atoms with Crippen molar-refractivity contribution in [2.45, 2.75) is 45.4 Å². The van der Waals surface area contributed by atoms with Crippen molar-refractivity contribution in [2.75, 3.05) is 0 Å². The highest BCUT2D eigenvalue weighted by Crippen LogP contribution is 2.21. The molecule has 0 N–H and O–H groups in total. The van der Waals surface area contributed by atoms with Crippen molar-refractivity contribution in [1.29, 1.82) is 0 Å². The van der Waals surface area contributed by atoms with E-state index >= 15 is 0 Å². The molecule has 76 valence electrons. The van der Waals surface area contributed by atoms with E-state index in [2.05, 4.69) is 4.98 Å². The average Bonchev–Trinajstić information content (AvgIpc) is 2.59. The molecule has 1 aliphatic carbocycles. The molecule has 14 heavy (non-hydrogen) atoms. The normalized spacial score (nSPS) is 15.2. The first-order valence-electron chi connectivity index (χ1n) is 5.28. The first-order valence-corrected chi connectivity index (χ1v) is 5.28. The van der Waals surface area contributed by atoms with Gasteiger partial charge in [-0.05, 0) is 19.3 Å². The second kappa shape index (κ2) is 3.95. The van der Waals surface area contributed by atoms with E-state index in [4.69, 9.17) is 4.42 Å². The number of rotatable bonds is 3. The molecule has 0 unspecified atom stereocenters. The summed E-state index contributed by atoms with van der Waals surface area (Å²) in [5.41, 5.74) is 1.08. The molecule has 0 radical (unpaired) electrons. The van der Waals surface area contributed by atoms with Crippen LogP contribution in [0.4, 0.5) is 0 Å². The zero-order chi connectivity index (χ0) is 9.97. The van der Waals surface area contributed by atoms with E-state index in [1.54, 1.807) is 0 Å². The minimum absolute atomic E-state index is 0.198. The summed E-state index contributed by atoms with van der Waals surface area (Å²) in [6, 6.07) is 0. The molecule has 0 aliphatic heterocycles. The molecule has 0 bridgehead atoms. The molecule has 0 saturated heterocycles. The summed E-state index contributed by atoms with van der Waals surface area (Å²) >= 11 is 0. The largest absolute Gasteiger partial charge is 0.445 e. The van der Waals surface area contributed by atoms with Gasteiger partial charge in [-0.1, -0.05) is 6.92 Å². The molecule has 0 amide bonds. The smallest absolute Gasteiger partial charge is 0.202 e. The number of aryl methyl sites for hydroxylation is 2. The van der Waals surface area contributed by atoms with Gasteiger partial charge in [-0.3, -0.25) is 4.79 Å². The average molecular weight is 193 g/mol. The topological polar surface area (TPSA) is 43.1 Å². The van der Waals surface area contributed by atoms with Gasteiger partial charge in [-0.2, -0.15) is 0 Å². The Balaban J connectivity index is 2.12. The lowest BCUT2D eigenvalue weighted by Crippen LogP contribution is -2.01. The van der Waals surface area contributed by atoms with E-state index in [0.29, 0.717) is 18.7 Å². The Morgan fingerprint density at radius 1 is 1.43 bits per heavy atom. The molecule has 1 aromatic rings. The lowest BCUT2D eigenvalue weighted by atomic mass is 10.0. The van der Waals surface area contributed by atoms with Crippen molar-refractivity contribution in [3.8, 4) is 0 Å². The third-order valence-electron chi connectivity index (χ3n) is 2.63. The van der Waals surface area contributed by atoms with Crippen molar-refractivity contribution in [3.05, 3.63) is 17.3 Å². The van der Waals surface area contributed by atoms with Crippen molar-refractivity contribution in [2.24, 2.45) is 0 Å². The van der Waals surface area contributed by atoms with Gasteiger partial charge in [0.15, 0.2) is 0 Å². The Morgan fingerprint density at radius 3 is 2.93 bits per heavy atom. The lowest BCUT2D eigenvalue weighted by Gasteiger charge is -2.05. The second-order valence-corrected chi connectivity index (χ2v) is 3.75. The molecule has 3 nitrogen and oxygen atoms in total. The Labute approximate surface area is 83.5 Å². The van der Waals surface area contributed by atoms with Crippen LogP contribution in [0, 0.1) is 0 Å². The maximum Gasteiger partial charge on any atom is 0.202 e. The molecule has 0 aromatic carbocycles. The Morgan fingerprint density at radius 2 is 2.21 bits per heavy atom. The maximum atomic E-state index is 11.2. The molecule has 0 spiro atoms. The van der Waals surface area contributed by atoms with Gasteiger partial charge >= 0.3 is 0 Å². The molecule has 0 atom stereocenters. The quantitative estimate of drug-likeness (QED) is 0.738. The first-order chi connectivity index (χ1) is 6.79. The highest BCUT2D eigenvalue weighted by Gasteiger charge is 2.17. The van der Waals surface area contributed by atoms with Gasteiger partial charge in [0.2, 0.25) is 5.89 Å². The Kier molecular flexibility index (Phi) is 2.66. The molecule has 1 heterocycles. The van der Waals surface area contributed by atoms with Gasteiger partial charge in [0.1, 0.15) is 11.5 Å². The predicted molar refractivity (Wildman–Crippen MR) is 52.1 cm³/mol. The molecule has 0 fully saturated rings. The van der Waals surface area contributed by atoms with Crippen LogP contribution in [0.5, 0.6) is 0 Å². The van der Waals surface area contributed by atoms with E-state index in [9.17, 15) is 4.79 Å². The summed E-state index contributed by atoms with van der Waals surface area (Å²) in [5.74, 6) is 1.82. The summed E-state index contributed by atoms with van der Waals surface area (Å²) < 4.78 is 5.55. The van der Waals surface area contributed by atoms with Crippen molar-refractivity contribution in [1.82, 2.24) is 4.98 Å². The summed E-state index contributed by atoms with van der Waals surface area (Å²) in [7, 11) is 0. The van der Waals surface area contributed by atoms with Crippen LogP contribution >= 0.6 is 0 Å². The summed E-state index contributed by atoms with van der Waals surface area (Å²) in [6.07, 6.45) is 5.31. The van der Waals surface area contributed by atoms with E-state index in [0.717, 1.165) is 24.3 Å². The third-order valence-corrected chi connectivity index (χ3v) is 2.63. The minimum atomic E-state index is 0.198. The van der Waals surface area contributed by atoms with Gasteiger partial charge in [-0.15, -0.1) is 0 Å². The van der Waals surface area contributed by atoms with Gasteiger partial charge < -0.3 is 4.42 Å². The molecule has 1 aliphatic rings. The lowest BCUT2D eigenvalue weighted by molar-refractivity contribution is -0.118. The zero-order valence-corrected chi connectivity index (χ0v) is 8.51. The van der Waals surface area contributed by atoms with E-state index in [-0.39, 0.29) is 5.78 Å². The molecule has 2 rings (SSSR count). The van der Waals surface area contributed by atoms with Crippen molar-refractivity contribution in [3.63, 3.8) is 0 Å². The van der Waals surface area contributed by atoms with Crippen molar-refractivity contribution < 1.29 is 9.21 Å². The number of hydrogen-bond donors (Lipinski definition) is 0. The number of carbonyl (C=O) groups is 1. The number of Topliss-reactive ketones (excluding diaryl/α,β-unsaturated/α-hetero) is 1. The number of fused-ring (bicyclic) bond motifs is 1. The van der Waals surface area contributed by atoms with Gasteiger partial charge in [0.25, 0.3) is 0 Å².